The fourth-order valence-electron chi connectivity index (χ4n) is 2.62. The van der Waals surface area contributed by atoms with Gasteiger partial charge in [0.05, 0.1) is 0 Å². The molecule has 1 saturated heterocycles. The van der Waals surface area contributed by atoms with E-state index >= 15 is 0 Å². The van der Waals surface area contributed by atoms with Crippen molar-refractivity contribution in [1.82, 2.24) is 10.6 Å². The minimum atomic E-state index is -0.576. The van der Waals surface area contributed by atoms with Crippen molar-refractivity contribution in [3.8, 4) is 0 Å². The summed E-state index contributed by atoms with van der Waals surface area (Å²) < 4.78 is 0.921. The van der Waals surface area contributed by atoms with Crippen LogP contribution in [-0.2, 0) is 9.59 Å². The van der Waals surface area contributed by atoms with Crippen LogP contribution in [0, 0.1) is 5.92 Å². The lowest BCUT2D eigenvalue weighted by Gasteiger charge is -2.18. The van der Waals surface area contributed by atoms with Crippen molar-refractivity contribution in [2.45, 2.75) is 26.3 Å². The quantitative estimate of drug-likeness (QED) is 0.755. The Morgan fingerprint density at radius 3 is 2.95 bits per heavy atom. The van der Waals surface area contributed by atoms with Crippen LogP contribution in [0.25, 0.3) is 0 Å². The van der Waals surface area contributed by atoms with Crippen LogP contribution in [0.1, 0.15) is 20.3 Å². The zero-order valence-corrected chi connectivity index (χ0v) is 14.5. The Kier molecular flexibility index (Phi) is 5.97. The Morgan fingerprint density at radius 2 is 2.27 bits per heavy atom. The van der Waals surface area contributed by atoms with E-state index in [9.17, 15) is 9.59 Å². The summed E-state index contributed by atoms with van der Waals surface area (Å²) in [4.78, 5) is 26.4. The second-order valence-electron chi connectivity index (χ2n) is 5.51. The minimum absolute atomic E-state index is 0.119. The van der Waals surface area contributed by atoms with Gasteiger partial charge in [-0.1, -0.05) is 28.9 Å². The first-order chi connectivity index (χ1) is 10.5. The Labute approximate surface area is 139 Å². The molecule has 1 aromatic carbocycles. The standard InChI is InChI=1S/C16H22BrN3O2/c1-3-18-11(2)10-19-15(21)14-7-8-20(16(14)22)13-6-4-5-12(17)9-13/h4-6,9,11,14,18H,3,7-8,10H2,1-2H3,(H,19,21)/t11-,14?/m1/s1. The van der Waals surface area contributed by atoms with Crippen molar-refractivity contribution in [2.75, 3.05) is 24.5 Å². The molecule has 0 aromatic heterocycles. The topological polar surface area (TPSA) is 61.4 Å². The Balaban J connectivity index is 1.95. The van der Waals surface area contributed by atoms with E-state index in [-0.39, 0.29) is 17.9 Å². The number of anilines is 1. The lowest BCUT2D eigenvalue weighted by Crippen LogP contribution is -2.43. The molecule has 2 amide bonds. The molecule has 5 nitrogen and oxygen atoms in total. The molecule has 0 spiro atoms. The van der Waals surface area contributed by atoms with E-state index < -0.39 is 5.92 Å². The van der Waals surface area contributed by atoms with Crippen LogP contribution in [0.2, 0.25) is 0 Å². The molecule has 120 valence electrons. The number of benzene rings is 1. The molecule has 1 aliphatic heterocycles. The van der Waals surface area contributed by atoms with Gasteiger partial charge in [-0.3, -0.25) is 9.59 Å². The molecule has 0 radical (unpaired) electrons. The van der Waals surface area contributed by atoms with Crippen molar-refractivity contribution in [3.63, 3.8) is 0 Å². The van der Waals surface area contributed by atoms with Gasteiger partial charge in [0.25, 0.3) is 0 Å². The van der Waals surface area contributed by atoms with E-state index in [0.717, 1.165) is 16.7 Å². The molecule has 0 aliphatic carbocycles. The summed E-state index contributed by atoms with van der Waals surface area (Å²) in [6.45, 7) is 6.00. The summed E-state index contributed by atoms with van der Waals surface area (Å²) in [5.41, 5.74) is 0.829. The fraction of sp³-hybridized carbons (Fsp3) is 0.500. The first-order valence-corrected chi connectivity index (χ1v) is 8.40. The van der Waals surface area contributed by atoms with E-state index in [4.69, 9.17) is 0 Å². The summed E-state index contributed by atoms with van der Waals surface area (Å²) in [6, 6.07) is 7.78. The van der Waals surface area contributed by atoms with E-state index in [1.165, 1.54) is 0 Å². The van der Waals surface area contributed by atoms with Gasteiger partial charge in [0, 0.05) is 29.3 Å². The number of carbonyl (C=O) groups is 2. The number of likely N-dealkylation sites (N-methyl/N-ethyl adjacent to an activating group) is 1. The lowest BCUT2D eigenvalue weighted by atomic mass is 10.1. The average molecular weight is 368 g/mol. The maximum Gasteiger partial charge on any atom is 0.239 e. The van der Waals surface area contributed by atoms with Gasteiger partial charge in [0.2, 0.25) is 11.8 Å². The van der Waals surface area contributed by atoms with Crippen molar-refractivity contribution in [3.05, 3.63) is 28.7 Å². The van der Waals surface area contributed by atoms with Gasteiger partial charge >= 0.3 is 0 Å². The average Bonchev–Trinajstić information content (AvgIpc) is 2.87. The van der Waals surface area contributed by atoms with Gasteiger partial charge in [-0.05, 0) is 38.1 Å². The Hall–Kier alpha value is -1.40. The van der Waals surface area contributed by atoms with Crippen LogP contribution in [0.5, 0.6) is 0 Å². The number of hydrogen-bond donors (Lipinski definition) is 2. The normalized spacial score (nSPS) is 19.3. The third kappa shape index (κ3) is 4.08. The number of nitrogens with zero attached hydrogens (tertiary/aromatic N) is 1. The molecular weight excluding hydrogens is 346 g/mol. The molecular formula is C16H22BrN3O2. The van der Waals surface area contributed by atoms with E-state index in [2.05, 4.69) is 26.6 Å². The van der Waals surface area contributed by atoms with Gasteiger partial charge < -0.3 is 15.5 Å². The van der Waals surface area contributed by atoms with E-state index in [0.29, 0.717) is 19.5 Å². The number of halogens is 1. The van der Waals surface area contributed by atoms with Crippen LogP contribution < -0.4 is 15.5 Å². The van der Waals surface area contributed by atoms with Gasteiger partial charge in [0.15, 0.2) is 0 Å². The highest BCUT2D eigenvalue weighted by Crippen LogP contribution is 2.27. The second-order valence-corrected chi connectivity index (χ2v) is 6.43. The summed E-state index contributed by atoms with van der Waals surface area (Å²) in [5, 5.41) is 6.09. The first kappa shape index (κ1) is 17.0. The molecule has 2 atom stereocenters. The summed E-state index contributed by atoms with van der Waals surface area (Å²) >= 11 is 3.40. The SMILES string of the molecule is CCN[C@H](C)CNC(=O)C1CCN(c2cccc(Br)c2)C1=O. The van der Waals surface area contributed by atoms with Crippen LogP contribution in [-0.4, -0.2) is 37.5 Å². The van der Waals surface area contributed by atoms with Gasteiger partial charge in [0.1, 0.15) is 5.92 Å². The minimum Gasteiger partial charge on any atom is -0.354 e. The van der Waals surface area contributed by atoms with Crippen molar-refractivity contribution in [2.24, 2.45) is 5.92 Å². The van der Waals surface area contributed by atoms with Gasteiger partial charge in [-0.25, -0.2) is 0 Å². The number of carbonyl (C=O) groups excluding carboxylic acids is 2. The summed E-state index contributed by atoms with van der Waals surface area (Å²) in [7, 11) is 0. The van der Waals surface area contributed by atoms with Crippen LogP contribution in [0.15, 0.2) is 28.7 Å². The van der Waals surface area contributed by atoms with Crippen LogP contribution in [0.4, 0.5) is 5.69 Å². The van der Waals surface area contributed by atoms with Crippen molar-refractivity contribution in [1.29, 1.82) is 0 Å². The second kappa shape index (κ2) is 7.74. The molecule has 1 aliphatic rings. The molecule has 2 N–H and O–H groups in total. The maximum atomic E-state index is 12.5. The predicted molar refractivity (Wildman–Crippen MR) is 90.8 cm³/mol. The highest BCUT2D eigenvalue weighted by atomic mass is 79.9. The fourth-order valence-corrected chi connectivity index (χ4v) is 3.01. The molecule has 1 fully saturated rings. The molecule has 0 bridgehead atoms. The summed E-state index contributed by atoms with van der Waals surface area (Å²) in [5.74, 6) is -0.869. The van der Waals surface area contributed by atoms with E-state index in [1.807, 2.05) is 38.1 Å². The largest absolute Gasteiger partial charge is 0.354 e. The molecule has 0 saturated carbocycles. The number of nitrogens with one attached hydrogen (secondary N) is 2. The molecule has 1 unspecified atom stereocenters. The third-order valence-electron chi connectivity index (χ3n) is 3.78. The number of rotatable bonds is 6. The first-order valence-electron chi connectivity index (χ1n) is 7.61. The van der Waals surface area contributed by atoms with Gasteiger partial charge in [-0.15, -0.1) is 0 Å². The monoisotopic (exact) mass is 367 g/mol. The smallest absolute Gasteiger partial charge is 0.239 e. The highest BCUT2D eigenvalue weighted by molar-refractivity contribution is 9.10. The van der Waals surface area contributed by atoms with Crippen LogP contribution >= 0.6 is 15.9 Å². The van der Waals surface area contributed by atoms with Crippen LogP contribution in [0.3, 0.4) is 0 Å². The zero-order valence-electron chi connectivity index (χ0n) is 12.9. The molecule has 1 heterocycles. The Bertz CT molecular complexity index is 550. The molecule has 1 aromatic rings. The zero-order chi connectivity index (χ0) is 16.1. The van der Waals surface area contributed by atoms with Crippen molar-refractivity contribution >= 4 is 33.4 Å². The van der Waals surface area contributed by atoms with Gasteiger partial charge in [-0.2, -0.15) is 0 Å². The number of hydrogen-bond acceptors (Lipinski definition) is 3. The lowest BCUT2D eigenvalue weighted by molar-refractivity contribution is -0.132. The Morgan fingerprint density at radius 1 is 1.50 bits per heavy atom. The third-order valence-corrected chi connectivity index (χ3v) is 4.27. The van der Waals surface area contributed by atoms with E-state index in [1.54, 1.807) is 4.90 Å². The molecule has 22 heavy (non-hydrogen) atoms. The molecule has 6 heteroatoms. The maximum absolute atomic E-state index is 12.5. The molecule has 2 rings (SSSR count). The predicted octanol–water partition coefficient (Wildman–Crippen LogP) is 1.92. The summed E-state index contributed by atoms with van der Waals surface area (Å²) in [6.07, 6.45) is 0.562. The van der Waals surface area contributed by atoms with Crippen molar-refractivity contribution < 1.29 is 9.59 Å². The number of amides is 2. The highest BCUT2D eigenvalue weighted by Gasteiger charge is 2.37.